The zero-order valence-electron chi connectivity index (χ0n) is 4.48. The molecule has 1 rings (SSSR count). The van der Waals surface area contributed by atoms with Gasteiger partial charge in [-0.05, 0) is 0 Å². The van der Waals surface area contributed by atoms with Crippen molar-refractivity contribution < 1.29 is 9.45 Å². The van der Waals surface area contributed by atoms with E-state index in [-0.39, 0.29) is 6.54 Å². The number of hydrogen-bond donors (Lipinski definition) is 0. The molecule has 0 bridgehead atoms. The van der Waals surface area contributed by atoms with Gasteiger partial charge in [0, 0.05) is 11.0 Å². The van der Waals surface area contributed by atoms with E-state index in [9.17, 15) is 10.1 Å². The molecule has 0 atom stereocenters. The SMILES string of the molecule is O=[N+]([O-])Cc1ccon1. The van der Waals surface area contributed by atoms with Crippen LogP contribution in [0.25, 0.3) is 0 Å². The van der Waals surface area contributed by atoms with Gasteiger partial charge in [-0.2, -0.15) is 0 Å². The molecule has 48 valence electrons. The van der Waals surface area contributed by atoms with Crippen molar-refractivity contribution in [3.8, 4) is 0 Å². The second kappa shape index (κ2) is 2.25. The molecule has 0 fully saturated rings. The first-order valence-electron chi connectivity index (χ1n) is 2.30. The van der Waals surface area contributed by atoms with Gasteiger partial charge in [-0.15, -0.1) is 0 Å². The molecule has 1 heterocycles. The van der Waals surface area contributed by atoms with E-state index in [4.69, 9.17) is 0 Å². The second-order valence-electron chi connectivity index (χ2n) is 1.48. The highest BCUT2D eigenvalue weighted by molar-refractivity contribution is 4.91. The fourth-order valence-corrected chi connectivity index (χ4v) is 0.451. The van der Waals surface area contributed by atoms with Gasteiger partial charge in [-0.25, -0.2) is 0 Å². The molecular formula is C4H4N2O3. The van der Waals surface area contributed by atoms with Crippen LogP contribution in [0.15, 0.2) is 16.9 Å². The lowest BCUT2D eigenvalue weighted by Gasteiger charge is -1.82. The highest BCUT2D eigenvalue weighted by Crippen LogP contribution is 1.94. The second-order valence-corrected chi connectivity index (χ2v) is 1.48. The molecule has 0 spiro atoms. The Labute approximate surface area is 50.4 Å². The fraction of sp³-hybridized carbons (Fsp3) is 0.250. The Kier molecular flexibility index (Phi) is 1.44. The van der Waals surface area contributed by atoms with Crippen molar-refractivity contribution in [2.75, 3.05) is 0 Å². The van der Waals surface area contributed by atoms with E-state index in [1.54, 1.807) is 0 Å². The summed E-state index contributed by atoms with van der Waals surface area (Å²) in [7, 11) is 0. The molecule has 5 nitrogen and oxygen atoms in total. The molecular weight excluding hydrogens is 124 g/mol. The van der Waals surface area contributed by atoms with Gasteiger partial charge in [0.2, 0.25) is 6.54 Å². The molecule has 0 aliphatic heterocycles. The largest absolute Gasteiger partial charge is 0.364 e. The summed E-state index contributed by atoms with van der Waals surface area (Å²) in [5, 5.41) is 13.1. The maximum absolute atomic E-state index is 9.79. The van der Waals surface area contributed by atoms with Gasteiger partial charge in [-0.1, -0.05) is 5.16 Å². The Bertz CT molecular complexity index is 194. The fourth-order valence-electron chi connectivity index (χ4n) is 0.451. The molecule has 5 heteroatoms. The van der Waals surface area contributed by atoms with E-state index in [2.05, 4.69) is 9.68 Å². The van der Waals surface area contributed by atoms with Gasteiger partial charge >= 0.3 is 0 Å². The van der Waals surface area contributed by atoms with Crippen LogP contribution in [0, 0.1) is 10.1 Å². The lowest BCUT2D eigenvalue weighted by Crippen LogP contribution is -1.97. The van der Waals surface area contributed by atoms with Crippen LogP contribution in [0.2, 0.25) is 0 Å². The normalized spacial score (nSPS) is 9.33. The summed E-state index contributed by atoms with van der Waals surface area (Å²) in [5.41, 5.74) is 0.347. The van der Waals surface area contributed by atoms with Crippen molar-refractivity contribution in [3.05, 3.63) is 28.1 Å². The van der Waals surface area contributed by atoms with Crippen molar-refractivity contribution in [2.24, 2.45) is 0 Å². The quantitative estimate of drug-likeness (QED) is 0.428. The average Bonchev–Trinajstić information content (AvgIpc) is 2.15. The molecule has 0 unspecified atom stereocenters. The molecule has 0 aliphatic carbocycles. The van der Waals surface area contributed by atoms with Crippen LogP contribution in [0.3, 0.4) is 0 Å². The molecule has 0 radical (unpaired) electrons. The molecule has 0 N–H and O–H groups in total. The first-order valence-corrected chi connectivity index (χ1v) is 2.30. The summed E-state index contributed by atoms with van der Waals surface area (Å²) in [6, 6.07) is 1.46. The summed E-state index contributed by atoms with van der Waals surface area (Å²) < 4.78 is 4.36. The minimum absolute atomic E-state index is 0.267. The van der Waals surface area contributed by atoms with Crippen molar-refractivity contribution in [2.45, 2.75) is 6.54 Å². The zero-order valence-corrected chi connectivity index (χ0v) is 4.48. The molecule has 1 aromatic rings. The van der Waals surface area contributed by atoms with Crippen LogP contribution < -0.4 is 0 Å². The first-order chi connectivity index (χ1) is 4.29. The molecule has 1 aromatic heterocycles. The monoisotopic (exact) mass is 128 g/mol. The Morgan fingerprint density at radius 2 is 2.67 bits per heavy atom. The highest BCUT2D eigenvalue weighted by Gasteiger charge is 2.02. The number of nitrogens with zero attached hydrogens (tertiary/aromatic N) is 2. The standard InChI is InChI=1S/C4H4N2O3/c7-6(8)3-4-1-2-9-5-4/h1-2H,3H2. The number of hydrogen-bond acceptors (Lipinski definition) is 4. The van der Waals surface area contributed by atoms with Crippen LogP contribution in [0.5, 0.6) is 0 Å². The molecule has 0 amide bonds. The summed E-state index contributed by atoms with van der Waals surface area (Å²) in [4.78, 5) is 9.33. The van der Waals surface area contributed by atoms with Gasteiger partial charge < -0.3 is 4.52 Å². The Morgan fingerprint density at radius 3 is 3.11 bits per heavy atom. The molecule has 0 aromatic carbocycles. The van der Waals surface area contributed by atoms with Gasteiger partial charge in [0.25, 0.3) is 0 Å². The topological polar surface area (TPSA) is 69.2 Å². The third-order valence-electron chi connectivity index (χ3n) is 0.782. The number of rotatable bonds is 2. The third kappa shape index (κ3) is 1.52. The summed E-state index contributed by atoms with van der Waals surface area (Å²) in [5.74, 6) is 0. The van der Waals surface area contributed by atoms with Crippen LogP contribution in [-0.4, -0.2) is 10.1 Å². The third-order valence-corrected chi connectivity index (χ3v) is 0.782. The van der Waals surface area contributed by atoms with Crippen LogP contribution in [0.4, 0.5) is 0 Å². The van der Waals surface area contributed by atoms with Gasteiger partial charge in [-0.3, -0.25) is 10.1 Å². The Hall–Kier alpha value is -1.39. The predicted octanol–water partition coefficient (Wildman–Crippen LogP) is 0.451. The lowest BCUT2D eigenvalue weighted by atomic mass is 10.4. The number of nitro groups is 1. The van der Waals surface area contributed by atoms with E-state index < -0.39 is 4.92 Å². The van der Waals surface area contributed by atoms with Gasteiger partial charge in [0.15, 0.2) is 5.69 Å². The first kappa shape index (κ1) is 5.74. The van der Waals surface area contributed by atoms with Crippen LogP contribution in [-0.2, 0) is 6.54 Å². The van der Waals surface area contributed by atoms with E-state index in [1.165, 1.54) is 12.3 Å². The molecule has 0 saturated carbocycles. The van der Waals surface area contributed by atoms with Crippen molar-refractivity contribution in [1.29, 1.82) is 0 Å². The highest BCUT2D eigenvalue weighted by atomic mass is 16.6. The van der Waals surface area contributed by atoms with Crippen molar-refractivity contribution >= 4 is 0 Å². The van der Waals surface area contributed by atoms with Crippen LogP contribution >= 0.6 is 0 Å². The Balaban J connectivity index is 2.58. The van der Waals surface area contributed by atoms with Gasteiger partial charge in [0.1, 0.15) is 6.26 Å². The molecule has 0 saturated heterocycles. The lowest BCUT2D eigenvalue weighted by molar-refractivity contribution is -0.497. The zero-order chi connectivity index (χ0) is 6.69. The van der Waals surface area contributed by atoms with E-state index in [0.29, 0.717) is 5.69 Å². The minimum Gasteiger partial charge on any atom is -0.364 e. The van der Waals surface area contributed by atoms with Crippen molar-refractivity contribution in [1.82, 2.24) is 5.16 Å². The predicted molar refractivity (Wildman–Crippen MR) is 27.2 cm³/mol. The van der Waals surface area contributed by atoms with E-state index >= 15 is 0 Å². The van der Waals surface area contributed by atoms with E-state index in [1.807, 2.05) is 0 Å². The van der Waals surface area contributed by atoms with Gasteiger partial charge in [0.05, 0.1) is 0 Å². The van der Waals surface area contributed by atoms with Crippen LogP contribution in [0.1, 0.15) is 5.69 Å². The number of aromatic nitrogens is 1. The molecule has 9 heavy (non-hydrogen) atoms. The molecule has 0 aliphatic rings. The maximum atomic E-state index is 9.79. The van der Waals surface area contributed by atoms with Crippen molar-refractivity contribution in [3.63, 3.8) is 0 Å². The summed E-state index contributed by atoms with van der Waals surface area (Å²) in [6.07, 6.45) is 1.30. The Morgan fingerprint density at radius 1 is 1.89 bits per heavy atom. The van der Waals surface area contributed by atoms with E-state index in [0.717, 1.165) is 0 Å². The minimum atomic E-state index is -0.460. The summed E-state index contributed by atoms with van der Waals surface area (Å²) >= 11 is 0. The maximum Gasteiger partial charge on any atom is 0.248 e. The average molecular weight is 128 g/mol. The smallest absolute Gasteiger partial charge is 0.248 e. The summed E-state index contributed by atoms with van der Waals surface area (Å²) in [6.45, 7) is -0.267.